The first-order valence-corrected chi connectivity index (χ1v) is 12.2. The van der Waals surface area contributed by atoms with Gasteiger partial charge in [0.2, 0.25) is 0 Å². The minimum Gasteiger partial charge on any atom is -0.495 e. The Morgan fingerprint density at radius 3 is 1.84 bits per heavy atom. The Balaban J connectivity index is 2.05. The Hall–Kier alpha value is -1.40. The van der Waals surface area contributed by atoms with Crippen LogP contribution in [0.25, 0.3) is 0 Å². The third-order valence-electron chi connectivity index (χ3n) is 6.73. The van der Waals surface area contributed by atoms with E-state index in [4.69, 9.17) is 4.74 Å². The molecule has 4 nitrogen and oxygen atoms in total. The number of Topliss-reactive ketones (excluding diaryl/α,β-unsaturated/α-hetero) is 2. The van der Waals surface area contributed by atoms with E-state index in [1.54, 1.807) is 7.11 Å². The molecule has 3 aliphatic rings. The van der Waals surface area contributed by atoms with Crippen LogP contribution in [0.2, 0.25) is 0 Å². The van der Waals surface area contributed by atoms with Gasteiger partial charge in [0.15, 0.2) is 11.6 Å². The molecule has 2 aliphatic carbocycles. The Morgan fingerprint density at radius 1 is 0.903 bits per heavy atom. The number of hydrogen-bond acceptors (Lipinski definition) is 4. The van der Waals surface area contributed by atoms with Gasteiger partial charge >= 0.3 is 0 Å². The fourth-order valence-corrected chi connectivity index (χ4v) is 6.91. The second-order valence-corrected chi connectivity index (χ2v) is 12.4. The topological polar surface area (TPSA) is 46.6 Å². The third kappa shape index (κ3) is 3.84. The van der Waals surface area contributed by atoms with Crippen molar-refractivity contribution in [1.29, 1.82) is 0 Å². The fraction of sp³-hybridized carbons (Fsp3) is 0.520. The van der Waals surface area contributed by atoms with Crippen LogP contribution in [0.15, 0.2) is 43.6 Å². The molecule has 0 amide bonds. The highest BCUT2D eigenvalue weighted by molar-refractivity contribution is 9.11. The molecule has 0 spiro atoms. The number of methoxy groups -OCH3 is 1. The number of ketones is 2. The van der Waals surface area contributed by atoms with Gasteiger partial charge in [-0.2, -0.15) is 0 Å². The van der Waals surface area contributed by atoms with Crippen molar-refractivity contribution >= 4 is 43.4 Å². The molecule has 0 bridgehead atoms. The zero-order valence-electron chi connectivity index (χ0n) is 19.0. The maximum absolute atomic E-state index is 13.6. The summed E-state index contributed by atoms with van der Waals surface area (Å²) in [5, 5.41) is 0. The van der Waals surface area contributed by atoms with E-state index in [9.17, 15) is 9.59 Å². The summed E-state index contributed by atoms with van der Waals surface area (Å²) in [5.41, 5.74) is 4.26. The minimum absolute atomic E-state index is 0.108. The predicted molar refractivity (Wildman–Crippen MR) is 129 cm³/mol. The Kier molecular flexibility index (Phi) is 5.57. The highest BCUT2D eigenvalue weighted by atomic mass is 79.9. The van der Waals surface area contributed by atoms with Crippen LogP contribution in [-0.2, 0) is 9.59 Å². The van der Waals surface area contributed by atoms with E-state index < -0.39 is 5.92 Å². The van der Waals surface area contributed by atoms with Crippen LogP contribution in [0.5, 0.6) is 5.75 Å². The SMILES string of the molecule is COc1c(Br)cc(Br)cc1C1C2=C(CC(C)(C)CC2=O)N(C)C2=C1C(=O)CC(C)(C)C2. The molecule has 31 heavy (non-hydrogen) atoms. The van der Waals surface area contributed by atoms with Crippen molar-refractivity contribution in [2.75, 3.05) is 14.2 Å². The number of allylic oxidation sites excluding steroid dienone is 4. The standard InChI is InChI=1S/C25H29Br2NO3/c1-24(2)9-16-21(18(29)11-24)20(14-7-13(26)8-15(27)23(14)31-6)22-17(28(16)5)10-25(3,4)12-19(22)30/h7-8,20H,9-12H2,1-6H3. The van der Waals surface area contributed by atoms with Crippen LogP contribution in [0.3, 0.4) is 0 Å². The van der Waals surface area contributed by atoms with Gasteiger partial charge in [-0.3, -0.25) is 9.59 Å². The molecule has 6 heteroatoms. The van der Waals surface area contributed by atoms with Crippen LogP contribution < -0.4 is 4.74 Å². The molecule has 1 aromatic rings. The van der Waals surface area contributed by atoms with Gasteiger partial charge in [-0.1, -0.05) is 43.6 Å². The molecule has 0 saturated heterocycles. The van der Waals surface area contributed by atoms with Crippen LogP contribution in [-0.4, -0.2) is 30.6 Å². The molecule has 0 aromatic heterocycles. The van der Waals surface area contributed by atoms with Crippen molar-refractivity contribution in [3.8, 4) is 5.75 Å². The van der Waals surface area contributed by atoms with Crippen LogP contribution in [0.1, 0.15) is 64.9 Å². The normalized spacial score (nSPS) is 23.2. The lowest BCUT2D eigenvalue weighted by atomic mass is 9.63. The summed E-state index contributed by atoms with van der Waals surface area (Å²) in [4.78, 5) is 29.3. The monoisotopic (exact) mass is 549 g/mol. The van der Waals surface area contributed by atoms with E-state index in [1.807, 2.05) is 19.2 Å². The number of benzene rings is 1. The van der Waals surface area contributed by atoms with Gasteiger partial charge in [0.25, 0.3) is 0 Å². The molecule has 1 aliphatic heterocycles. The first kappa shape index (κ1) is 22.8. The van der Waals surface area contributed by atoms with Crippen LogP contribution >= 0.6 is 31.9 Å². The molecule has 4 rings (SSSR count). The molecule has 0 atom stereocenters. The zero-order chi connectivity index (χ0) is 22.9. The zero-order valence-corrected chi connectivity index (χ0v) is 22.2. The second kappa shape index (κ2) is 7.58. The number of hydrogen-bond donors (Lipinski definition) is 0. The summed E-state index contributed by atoms with van der Waals surface area (Å²) in [6.07, 6.45) is 2.58. The average Bonchev–Trinajstić information content (AvgIpc) is 2.61. The maximum Gasteiger partial charge on any atom is 0.162 e. The lowest BCUT2D eigenvalue weighted by Crippen LogP contribution is -2.43. The summed E-state index contributed by atoms with van der Waals surface area (Å²) in [7, 11) is 3.66. The highest BCUT2D eigenvalue weighted by Crippen LogP contribution is 2.55. The van der Waals surface area contributed by atoms with E-state index in [0.717, 1.165) is 49.9 Å². The first-order valence-electron chi connectivity index (χ1n) is 10.6. The number of carbonyl (C=O) groups excluding carboxylic acids is 2. The number of halogens is 2. The van der Waals surface area contributed by atoms with Crippen molar-refractivity contribution in [1.82, 2.24) is 4.90 Å². The number of rotatable bonds is 2. The summed E-state index contributed by atoms with van der Waals surface area (Å²) in [5.74, 6) is 0.528. The quantitative estimate of drug-likeness (QED) is 0.419. The van der Waals surface area contributed by atoms with E-state index in [-0.39, 0.29) is 22.4 Å². The Bertz CT molecular complexity index is 1010. The molecule has 0 fully saturated rings. The summed E-state index contributed by atoms with van der Waals surface area (Å²) in [6, 6.07) is 3.92. The van der Waals surface area contributed by atoms with Gasteiger partial charge in [-0.15, -0.1) is 0 Å². The van der Waals surface area contributed by atoms with Crippen molar-refractivity contribution in [2.24, 2.45) is 10.8 Å². The van der Waals surface area contributed by atoms with Crippen LogP contribution in [0.4, 0.5) is 0 Å². The molecule has 0 radical (unpaired) electrons. The third-order valence-corrected chi connectivity index (χ3v) is 7.78. The predicted octanol–water partition coefficient (Wildman–Crippen LogP) is 6.54. The Morgan fingerprint density at radius 2 is 1.39 bits per heavy atom. The van der Waals surface area contributed by atoms with Crippen molar-refractivity contribution < 1.29 is 14.3 Å². The largest absolute Gasteiger partial charge is 0.495 e. The van der Waals surface area contributed by atoms with Crippen molar-refractivity contribution in [2.45, 2.75) is 59.3 Å². The highest BCUT2D eigenvalue weighted by Gasteiger charge is 2.48. The summed E-state index contributed by atoms with van der Waals surface area (Å²) in [6.45, 7) is 8.59. The molecule has 1 aromatic carbocycles. The second-order valence-electron chi connectivity index (χ2n) is 10.6. The van der Waals surface area contributed by atoms with Crippen LogP contribution in [0, 0.1) is 10.8 Å². The first-order chi connectivity index (χ1) is 14.3. The summed E-state index contributed by atoms with van der Waals surface area (Å²) >= 11 is 7.21. The van der Waals surface area contributed by atoms with Crippen molar-refractivity contribution in [3.05, 3.63) is 49.2 Å². The molecule has 1 heterocycles. The van der Waals surface area contributed by atoms with E-state index >= 15 is 0 Å². The van der Waals surface area contributed by atoms with Gasteiger partial charge in [0, 0.05) is 58.4 Å². The molecule has 166 valence electrons. The molecule has 0 saturated carbocycles. The lowest BCUT2D eigenvalue weighted by Gasteiger charge is -2.48. The minimum atomic E-state index is -0.405. The van der Waals surface area contributed by atoms with E-state index in [2.05, 4.69) is 64.5 Å². The fourth-order valence-electron chi connectivity index (χ4n) is 5.49. The van der Waals surface area contributed by atoms with Gasteiger partial charge < -0.3 is 9.64 Å². The van der Waals surface area contributed by atoms with E-state index in [1.165, 1.54) is 0 Å². The summed E-state index contributed by atoms with van der Waals surface area (Å²) < 4.78 is 7.45. The number of ether oxygens (including phenoxy) is 1. The van der Waals surface area contributed by atoms with Gasteiger partial charge in [-0.05, 0) is 51.7 Å². The number of nitrogens with zero attached hydrogens (tertiary/aromatic N) is 1. The van der Waals surface area contributed by atoms with Gasteiger partial charge in [0.05, 0.1) is 11.6 Å². The molecule has 0 N–H and O–H groups in total. The Labute approximate surface area is 201 Å². The maximum atomic E-state index is 13.6. The molecular weight excluding hydrogens is 522 g/mol. The lowest BCUT2D eigenvalue weighted by molar-refractivity contribution is -0.119. The average molecular weight is 551 g/mol. The van der Waals surface area contributed by atoms with Crippen molar-refractivity contribution in [3.63, 3.8) is 0 Å². The number of carbonyl (C=O) groups is 2. The van der Waals surface area contributed by atoms with Gasteiger partial charge in [0.1, 0.15) is 5.75 Å². The molecule has 0 unspecified atom stereocenters. The smallest absolute Gasteiger partial charge is 0.162 e. The molecular formula is C25H29Br2NO3. The van der Waals surface area contributed by atoms with Gasteiger partial charge in [-0.25, -0.2) is 0 Å². The van der Waals surface area contributed by atoms with E-state index in [0.29, 0.717) is 18.6 Å².